The van der Waals surface area contributed by atoms with Crippen LogP contribution in [0.2, 0.25) is 0 Å². The van der Waals surface area contributed by atoms with E-state index in [1.165, 1.54) is 6.08 Å². The third-order valence-corrected chi connectivity index (χ3v) is 6.55. The number of urea groups is 1. The topological polar surface area (TPSA) is 92.8 Å². The van der Waals surface area contributed by atoms with E-state index in [-0.39, 0.29) is 22.6 Å². The molecule has 0 aromatic heterocycles. The van der Waals surface area contributed by atoms with Gasteiger partial charge in [-0.05, 0) is 77.5 Å². The van der Waals surface area contributed by atoms with Crippen molar-refractivity contribution in [2.24, 2.45) is 0 Å². The number of carbonyl (C=O) groups is 4. The Morgan fingerprint density at radius 1 is 0.943 bits per heavy atom. The number of nitrogens with one attached hydrogen (secondary N) is 1. The summed E-state index contributed by atoms with van der Waals surface area (Å²) in [4.78, 5) is 52.0. The molecular formula is C25H15Br3N2O5. The Balaban J connectivity index is 1.75. The maximum absolute atomic E-state index is 13.2. The number of halogens is 3. The third kappa shape index (κ3) is 5.44. The van der Waals surface area contributed by atoms with Crippen LogP contribution in [0.25, 0.3) is 6.08 Å². The molecule has 35 heavy (non-hydrogen) atoms. The second-order valence-electron chi connectivity index (χ2n) is 7.50. The summed E-state index contributed by atoms with van der Waals surface area (Å²) in [7, 11) is 0. The Kier molecular flexibility index (Phi) is 7.34. The van der Waals surface area contributed by atoms with E-state index in [0.717, 1.165) is 14.9 Å². The number of barbiturate groups is 1. The second-order valence-corrected chi connectivity index (χ2v) is 10.2. The molecule has 0 radical (unpaired) electrons. The molecule has 0 unspecified atom stereocenters. The predicted molar refractivity (Wildman–Crippen MR) is 141 cm³/mol. The van der Waals surface area contributed by atoms with Crippen molar-refractivity contribution >= 4 is 83.4 Å². The summed E-state index contributed by atoms with van der Waals surface area (Å²) in [5.74, 6) is -2.17. The average Bonchev–Trinajstić information content (AvgIpc) is 2.79. The summed E-state index contributed by atoms with van der Waals surface area (Å²) < 4.78 is 7.44. The molecule has 0 atom stereocenters. The molecule has 1 aliphatic rings. The summed E-state index contributed by atoms with van der Waals surface area (Å²) in [6.45, 7) is 1.86. The van der Waals surface area contributed by atoms with E-state index in [2.05, 4.69) is 53.1 Å². The van der Waals surface area contributed by atoms with E-state index in [1.54, 1.807) is 54.6 Å². The highest BCUT2D eigenvalue weighted by Gasteiger charge is 2.37. The molecule has 3 aromatic carbocycles. The summed E-state index contributed by atoms with van der Waals surface area (Å²) in [5, 5.41) is 2.18. The molecule has 1 aliphatic heterocycles. The van der Waals surface area contributed by atoms with Crippen LogP contribution < -0.4 is 15.0 Å². The van der Waals surface area contributed by atoms with Gasteiger partial charge in [0.15, 0.2) is 5.75 Å². The molecule has 1 saturated heterocycles. The van der Waals surface area contributed by atoms with Crippen LogP contribution in [0.15, 0.2) is 79.7 Å². The van der Waals surface area contributed by atoms with E-state index in [1.807, 2.05) is 13.0 Å². The number of ether oxygens (including phenoxy) is 1. The van der Waals surface area contributed by atoms with Gasteiger partial charge in [-0.25, -0.2) is 14.5 Å². The van der Waals surface area contributed by atoms with E-state index in [4.69, 9.17) is 4.74 Å². The van der Waals surface area contributed by atoms with Crippen LogP contribution in [-0.2, 0) is 9.59 Å². The van der Waals surface area contributed by atoms with Crippen LogP contribution in [0.1, 0.15) is 21.5 Å². The van der Waals surface area contributed by atoms with Crippen molar-refractivity contribution in [3.63, 3.8) is 0 Å². The van der Waals surface area contributed by atoms with Gasteiger partial charge < -0.3 is 4.74 Å². The van der Waals surface area contributed by atoms with Gasteiger partial charge in [-0.3, -0.25) is 14.9 Å². The lowest BCUT2D eigenvalue weighted by atomic mass is 10.1. The molecule has 0 bridgehead atoms. The molecule has 1 heterocycles. The standard InChI is InChI=1S/C25H15Br3N2O5/c1-13-3-2-4-14(9-13)24(33)35-21-15(10-17(27)12-20(21)28)11-19-22(31)29-25(34)30(23(19)32)18-7-5-16(26)6-8-18/h2-12H,1H3,(H,29,31,34)/b19-11-. The Hall–Kier alpha value is -3.08. The predicted octanol–water partition coefficient (Wildman–Crippen LogP) is 6.17. The van der Waals surface area contributed by atoms with Crippen LogP contribution in [0.3, 0.4) is 0 Å². The van der Waals surface area contributed by atoms with Crippen molar-refractivity contribution in [3.8, 4) is 5.75 Å². The SMILES string of the molecule is Cc1cccc(C(=O)Oc2c(Br)cc(Br)cc2/C=C2/C(=O)NC(=O)N(c3ccc(Br)cc3)C2=O)c1. The molecule has 0 saturated carbocycles. The van der Waals surface area contributed by atoms with Crippen LogP contribution in [0, 0.1) is 6.92 Å². The molecule has 4 amide bonds. The van der Waals surface area contributed by atoms with Crippen molar-refractivity contribution < 1.29 is 23.9 Å². The average molecular weight is 663 g/mol. The summed E-state index contributed by atoms with van der Waals surface area (Å²) >= 11 is 10.1. The minimum Gasteiger partial charge on any atom is -0.421 e. The quantitative estimate of drug-likeness (QED) is 0.156. The number of anilines is 1. The number of esters is 1. The monoisotopic (exact) mass is 660 g/mol. The lowest BCUT2D eigenvalue weighted by molar-refractivity contribution is -0.122. The summed E-state index contributed by atoms with van der Waals surface area (Å²) in [6.07, 6.45) is 1.28. The minimum absolute atomic E-state index is 0.111. The second kappa shape index (κ2) is 10.3. The van der Waals surface area contributed by atoms with Gasteiger partial charge in [-0.1, -0.05) is 49.6 Å². The van der Waals surface area contributed by atoms with Gasteiger partial charge in [0.1, 0.15) is 5.57 Å². The molecule has 1 N–H and O–H groups in total. The zero-order valence-electron chi connectivity index (χ0n) is 18.0. The van der Waals surface area contributed by atoms with Gasteiger partial charge >= 0.3 is 12.0 Å². The zero-order chi connectivity index (χ0) is 25.3. The molecular weight excluding hydrogens is 648 g/mol. The molecule has 10 heteroatoms. The van der Waals surface area contributed by atoms with Crippen LogP contribution in [-0.4, -0.2) is 23.8 Å². The lowest BCUT2D eigenvalue weighted by Gasteiger charge is -2.26. The third-order valence-electron chi connectivity index (χ3n) is 4.97. The molecule has 3 aromatic rings. The smallest absolute Gasteiger partial charge is 0.343 e. The van der Waals surface area contributed by atoms with E-state index in [9.17, 15) is 19.2 Å². The fraction of sp³-hybridized carbons (Fsp3) is 0.0400. The molecule has 0 aliphatic carbocycles. The Morgan fingerprint density at radius 2 is 1.66 bits per heavy atom. The maximum atomic E-state index is 13.2. The Labute approximate surface area is 225 Å². The van der Waals surface area contributed by atoms with Gasteiger partial charge in [-0.2, -0.15) is 0 Å². The molecule has 7 nitrogen and oxygen atoms in total. The first kappa shape index (κ1) is 25.0. The number of aryl methyl sites for hydroxylation is 1. The summed E-state index contributed by atoms with van der Waals surface area (Å²) in [6, 6.07) is 15.8. The fourth-order valence-corrected chi connectivity index (χ4v) is 4.96. The highest BCUT2D eigenvalue weighted by Crippen LogP contribution is 2.36. The first-order valence-corrected chi connectivity index (χ1v) is 12.5. The largest absolute Gasteiger partial charge is 0.421 e. The molecule has 0 spiro atoms. The van der Waals surface area contributed by atoms with Gasteiger partial charge in [-0.15, -0.1) is 0 Å². The van der Waals surface area contributed by atoms with E-state index in [0.29, 0.717) is 14.5 Å². The van der Waals surface area contributed by atoms with Crippen molar-refractivity contribution in [1.29, 1.82) is 0 Å². The van der Waals surface area contributed by atoms with Crippen LogP contribution in [0.4, 0.5) is 10.5 Å². The first-order valence-electron chi connectivity index (χ1n) is 10.1. The zero-order valence-corrected chi connectivity index (χ0v) is 22.7. The lowest BCUT2D eigenvalue weighted by Crippen LogP contribution is -2.54. The number of imide groups is 2. The highest BCUT2D eigenvalue weighted by molar-refractivity contribution is 9.11. The van der Waals surface area contributed by atoms with Gasteiger partial charge in [0.2, 0.25) is 0 Å². The number of nitrogens with zero attached hydrogens (tertiary/aromatic N) is 1. The number of hydrogen-bond donors (Lipinski definition) is 1. The van der Waals surface area contributed by atoms with Crippen molar-refractivity contribution in [3.05, 3.63) is 96.3 Å². The fourth-order valence-electron chi connectivity index (χ4n) is 3.36. The Morgan fingerprint density at radius 3 is 2.34 bits per heavy atom. The highest BCUT2D eigenvalue weighted by atomic mass is 79.9. The number of amides is 4. The van der Waals surface area contributed by atoms with Crippen molar-refractivity contribution in [2.75, 3.05) is 4.90 Å². The van der Waals surface area contributed by atoms with Crippen molar-refractivity contribution in [1.82, 2.24) is 5.32 Å². The molecule has 4 rings (SSSR count). The number of hydrogen-bond acceptors (Lipinski definition) is 5. The van der Waals surface area contributed by atoms with E-state index >= 15 is 0 Å². The number of rotatable bonds is 4. The maximum Gasteiger partial charge on any atom is 0.343 e. The van der Waals surface area contributed by atoms with Gasteiger partial charge in [0.05, 0.1) is 15.7 Å². The van der Waals surface area contributed by atoms with Crippen LogP contribution >= 0.6 is 47.8 Å². The molecule has 1 fully saturated rings. The summed E-state index contributed by atoms with van der Waals surface area (Å²) in [5.41, 5.74) is 1.49. The normalized spacial score (nSPS) is 14.8. The minimum atomic E-state index is -0.861. The first-order chi connectivity index (χ1) is 16.6. The van der Waals surface area contributed by atoms with E-state index < -0.39 is 23.8 Å². The Bertz CT molecular complexity index is 1420. The number of carbonyl (C=O) groups excluding carboxylic acids is 4. The van der Waals surface area contributed by atoms with Gasteiger partial charge in [0, 0.05) is 14.5 Å². The van der Waals surface area contributed by atoms with Crippen molar-refractivity contribution in [2.45, 2.75) is 6.92 Å². The van der Waals surface area contributed by atoms with Gasteiger partial charge in [0.25, 0.3) is 11.8 Å². The van der Waals surface area contributed by atoms with Crippen LogP contribution in [0.5, 0.6) is 5.75 Å². The molecule has 176 valence electrons. The number of benzene rings is 3.